The van der Waals surface area contributed by atoms with Crippen molar-refractivity contribution in [1.29, 1.82) is 0 Å². The first-order chi connectivity index (χ1) is 19.3. The van der Waals surface area contributed by atoms with E-state index in [4.69, 9.17) is 4.74 Å². The number of methoxy groups -OCH3 is 1. The van der Waals surface area contributed by atoms with E-state index in [1.165, 1.54) is 24.3 Å². The molecule has 1 aromatic heterocycles. The van der Waals surface area contributed by atoms with Crippen molar-refractivity contribution < 1.29 is 27.8 Å². The highest BCUT2D eigenvalue weighted by Crippen LogP contribution is 2.38. The van der Waals surface area contributed by atoms with E-state index in [9.17, 15) is 23.2 Å². The summed E-state index contributed by atoms with van der Waals surface area (Å²) in [5.74, 6) is -0.999. The van der Waals surface area contributed by atoms with Gasteiger partial charge >= 0.3 is 6.61 Å². The molecule has 0 spiro atoms. The number of aryl methyl sites for hydroxylation is 1. The summed E-state index contributed by atoms with van der Waals surface area (Å²) in [6, 6.07) is 14.8. The zero-order valence-electron chi connectivity index (χ0n) is 22.3. The molecule has 1 aliphatic carbocycles. The number of rotatable bonds is 9. The Morgan fingerprint density at radius 3 is 2.30 bits per heavy atom. The molecule has 1 unspecified atom stereocenters. The highest BCUT2D eigenvalue weighted by Gasteiger charge is 2.43. The standard InChI is InChI=1S/C30H31F2N3O5/c1-18-14-15-34(21-4-3-5-21)29(38)26(18)35-17-25(19-6-10-22(39-2)11-7-19)24(28(35)37)16-33-27(36)20-8-12-23(13-9-20)40-30(31)32/h6-15,21,24-25,30H,3-5,16-17H2,1-2H3,(H,33,36)/t24?,25-/m0/s1. The second-order valence-electron chi connectivity index (χ2n) is 10.2. The van der Waals surface area contributed by atoms with Gasteiger partial charge in [0.05, 0.1) is 13.0 Å². The molecule has 2 aromatic carbocycles. The largest absolute Gasteiger partial charge is 0.497 e. The number of nitrogens with one attached hydrogen (secondary N) is 1. The minimum atomic E-state index is -2.96. The van der Waals surface area contributed by atoms with Gasteiger partial charge in [0.1, 0.15) is 17.2 Å². The van der Waals surface area contributed by atoms with Gasteiger partial charge in [-0.2, -0.15) is 8.78 Å². The molecule has 1 saturated heterocycles. The number of hydrogen-bond acceptors (Lipinski definition) is 5. The summed E-state index contributed by atoms with van der Waals surface area (Å²) in [4.78, 5) is 41.9. The second-order valence-corrected chi connectivity index (χ2v) is 10.2. The van der Waals surface area contributed by atoms with Gasteiger partial charge in [-0.05, 0) is 79.8 Å². The van der Waals surface area contributed by atoms with E-state index in [0.717, 1.165) is 30.4 Å². The quantitative estimate of drug-likeness (QED) is 0.418. The lowest BCUT2D eigenvalue weighted by Crippen LogP contribution is -2.39. The molecule has 0 bridgehead atoms. The molecule has 2 fully saturated rings. The molecule has 40 heavy (non-hydrogen) atoms. The van der Waals surface area contributed by atoms with Crippen molar-refractivity contribution in [2.45, 2.75) is 44.8 Å². The topological polar surface area (TPSA) is 89.9 Å². The van der Waals surface area contributed by atoms with Crippen LogP contribution < -0.4 is 25.2 Å². The fourth-order valence-electron chi connectivity index (χ4n) is 5.41. The molecule has 1 N–H and O–H groups in total. The predicted molar refractivity (Wildman–Crippen MR) is 145 cm³/mol. The van der Waals surface area contributed by atoms with Crippen molar-refractivity contribution in [3.63, 3.8) is 0 Å². The van der Waals surface area contributed by atoms with Gasteiger partial charge in [-0.25, -0.2) is 0 Å². The first kappa shape index (κ1) is 27.4. The van der Waals surface area contributed by atoms with Crippen LogP contribution in [0.1, 0.15) is 52.7 Å². The summed E-state index contributed by atoms with van der Waals surface area (Å²) in [6.07, 6.45) is 4.76. The molecule has 210 valence electrons. The Morgan fingerprint density at radius 1 is 1.02 bits per heavy atom. The molecule has 3 aromatic rings. The van der Waals surface area contributed by atoms with Crippen LogP contribution in [0.5, 0.6) is 11.5 Å². The lowest BCUT2D eigenvalue weighted by molar-refractivity contribution is -0.120. The number of alkyl halides is 2. The van der Waals surface area contributed by atoms with Crippen LogP contribution in [0.3, 0.4) is 0 Å². The summed E-state index contributed by atoms with van der Waals surface area (Å²) >= 11 is 0. The Bertz CT molecular complexity index is 1440. The van der Waals surface area contributed by atoms with Crippen molar-refractivity contribution in [2.75, 3.05) is 25.1 Å². The van der Waals surface area contributed by atoms with Gasteiger partial charge in [-0.15, -0.1) is 0 Å². The number of ether oxygens (including phenoxy) is 2. The number of amides is 2. The van der Waals surface area contributed by atoms with Crippen LogP contribution >= 0.6 is 0 Å². The summed E-state index contributed by atoms with van der Waals surface area (Å²) in [7, 11) is 1.58. The summed E-state index contributed by atoms with van der Waals surface area (Å²) in [6.45, 7) is -0.815. The molecule has 2 heterocycles. The van der Waals surface area contributed by atoms with E-state index in [2.05, 4.69) is 10.1 Å². The van der Waals surface area contributed by atoms with Crippen molar-refractivity contribution in [2.24, 2.45) is 5.92 Å². The van der Waals surface area contributed by atoms with E-state index in [0.29, 0.717) is 11.4 Å². The van der Waals surface area contributed by atoms with Crippen LogP contribution in [0.2, 0.25) is 0 Å². The molecule has 2 atom stereocenters. The smallest absolute Gasteiger partial charge is 0.387 e. The summed E-state index contributed by atoms with van der Waals surface area (Å²) < 4.78 is 36.3. The molecular weight excluding hydrogens is 520 g/mol. The minimum Gasteiger partial charge on any atom is -0.497 e. The number of carbonyl (C=O) groups is 2. The number of nitrogens with zero attached hydrogens (tertiary/aromatic N) is 2. The van der Waals surface area contributed by atoms with Crippen molar-refractivity contribution in [3.8, 4) is 11.5 Å². The SMILES string of the molecule is COc1ccc([C@@H]2CN(c3c(C)ccn(C4CCC4)c3=O)C(=O)C2CNC(=O)c2ccc(OC(F)F)cc2)cc1. The van der Waals surface area contributed by atoms with E-state index in [1.807, 2.05) is 43.5 Å². The maximum absolute atomic E-state index is 13.9. The van der Waals surface area contributed by atoms with Gasteiger partial charge in [-0.1, -0.05) is 12.1 Å². The number of pyridine rings is 1. The lowest BCUT2D eigenvalue weighted by atomic mass is 9.88. The third kappa shape index (κ3) is 5.43. The molecule has 0 radical (unpaired) electrons. The number of benzene rings is 2. The maximum Gasteiger partial charge on any atom is 0.387 e. The van der Waals surface area contributed by atoms with Crippen LogP contribution in [0.25, 0.3) is 0 Å². The third-order valence-corrected chi connectivity index (χ3v) is 7.85. The van der Waals surface area contributed by atoms with Gasteiger partial charge < -0.3 is 24.3 Å². The van der Waals surface area contributed by atoms with Gasteiger partial charge in [0.15, 0.2) is 0 Å². The molecule has 5 rings (SSSR count). The summed E-state index contributed by atoms with van der Waals surface area (Å²) in [5, 5.41) is 2.82. The normalized spacial score (nSPS) is 19.0. The molecule has 1 aliphatic heterocycles. The van der Waals surface area contributed by atoms with Gasteiger partial charge in [0, 0.05) is 36.8 Å². The molecule has 8 nitrogen and oxygen atoms in total. The Kier molecular flexibility index (Phi) is 7.86. The van der Waals surface area contributed by atoms with E-state index >= 15 is 0 Å². The Labute approximate surface area is 230 Å². The number of hydrogen-bond donors (Lipinski definition) is 1. The van der Waals surface area contributed by atoms with Crippen LogP contribution in [-0.4, -0.2) is 43.2 Å². The zero-order chi connectivity index (χ0) is 28.4. The molecule has 10 heteroatoms. The molecule has 1 saturated carbocycles. The van der Waals surface area contributed by atoms with E-state index in [-0.39, 0.29) is 47.8 Å². The molecular formula is C30H31F2N3O5. The average molecular weight is 552 g/mol. The minimum absolute atomic E-state index is 0.0306. The zero-order valence-corrected chi connectivity index (χ0v) is 22.3. The number of anilines is 1. The number of carbonyl (C=O) groups excluding carboxylic acids is 2. The van der Waals surface area contributed by atoms with Gasteiger partial charge in [0.2, 0.25) is 5.91 Å². The van der Waals surface area contributed by atoms with Crippen molar-refractivity contribution >= 4 is 17.5 Å². The lowest BCUT2D eigenvalue weighted by Gasteiger charge is -2.29. The predicted octanol–water partition coefficient (Wildman–Crippen LogP) is 4.67. The van der Waals surface area contributed by atoms with Crippen LogP contribution in [0.4, 0.5) is 14.5 Å². The fourth-order valence-corrected chi connectivity index (χ4v) is 5.41. The van der Waals surface area contributed by atoms with Crippen molar-refractivity contribution in [1.82, 2.24) is 9.88 Å². The monoisotopic (exact) mass is 551 g/mol. The third-order valence-electron chi connectivity index (χ3n) is 7.85. The maximum atomic E-state index is 13.9. The van der Waals surface area contributed by atoms with Crippen molar-refractivity contribution in [3.05, 3.63) is 87.8 Å². The Morgan fingerprint density at radius 2 is 1.70 bits per heavy atom. The Balaban J connectivity index is 1.41. The van der Waals surface area contributed by atoms with E-state index in [1.54, 1.807) is 16.6 Å². The second kappa shape index (κ2) is 11.5. The van der Waals surface area contributed by atoms with Crippen LogP contribution in [0.15, 0.2) is 65.6 Å². The average Bonchev–Trinajstić information content (AvgIpc) is 3.23. The summed E-state index contributed by atoms with van der Waals surface area (Å²) in [5.41, 5.74) is 2.05. The highest BCUT2D eigenvalue weighted by atomic mass is 19.3. The molecule has 2 aliphatic rings. The first-order valence-corrected chi connectivity index (χ1v) is 13.3. The fraction of sp³-hybridized carbons (Fsp3) is 0.367. The highest BCUT2D eigenvalue weighted by molar-refractivity contribution is 6.00. The molecule has 2 amide bonds. The Hall–Kier alpha value is -4.21. The van der Waals surface area contributed by atoms with Crippen LogP contribution in [-0.2, 0) is 4.79 Å². The van der Waals surface area contributed by atoms with Gasteiger partial charge in [-0.3, -0.25) is 14.4 Å². The van der Waals surface area contributed by atoms with Crippen LogP contribution in [0, 0.1) is 12.8 Å². The number of halogens is 2. The number of aromatic nitrogens is 1. The van der Waals surface area contributed by atoms with E-state index < -0.39 is 18.4 Å². The first-order valence-electron chi connectivity index (χ1n) is 13.3. The van der Waals surface area contributed by atoms with Gasteiger partial charge in [0.25, 0.3) is 11.5 Å².